The fourth-order valence-corrected chi connectivity index (χ4v) is 2.92. The van der Waals surface area contributed by atoms with E-state index < -0.39 is 0 Å². The van der Waals surface area contributed by atoms with Crippen molar-refractivity contribution in [3.05, 3.63) is 28.2 Å². The first kappa shape index (κ1) is 13.6. The summed E-state index contributed by atoms with van der Waals surface area (Å²) in [5.74, 6) is 0. The maximum Gasteiger partial charge on any atom is 0.152 e. The summed E-state index contributed by atoms with van der Waals surface area (Å²) in [7, 11) is 1.77. The van der Waals surface area contributed by atoms with Crippen molar-refractivity contribution in [3.63, 3.8) is 0 Å². The van der Waals surface area contributed by atoms with Gasteiger partial charge in [0.2, 0.25) is 0 Å². The summed E-state index contributed by atoms with van der Waals surface area (Å²) in [5, 5.41) is 0. The Morgan fingerprint density at radius 1 is 1.50 bits per heavy atom. The minimum Gasteiger partial charge on any atom is -0.381 e. The number of nitrogens with zero attached hydrogens (tertiary/aromatic N) is 1. The van der Waals surface area contributed by atoms with Gasteiger partial charge in [0.15, 0.2) is 6.29 Å². The Kier molecular flexibility index (Phi) is 4.40. The van der Waals surface area contributed by atoms with Gasteiger partial charge in [0.1, 0.15) is 0 Å². The Morgan fingerprint density at radius 2 is 2.28 bits per heavy atom. The Bertz CT molecular complexity index is 436. The highest BCUT2D eigenvalue weighted by Gasteiger charge is 2.26. The summed E-state index contributed by atoms with van der Waals surface area (Å²) in [4.78, 5) is 13.4. The largest absolute Gasteiger partial charge is 0.381 e. The topological polar surface area (TPSA) is 29.5 Å². The van der Waals surface area contributed by atoms with E-state index in [2.05, 4.69) is 27.8 Å². The van der Waals surface area contributed by atoms with Crippen molar-refractivity contribution in [2.75, 3.05) is 18.6 Å². The first-order valence-corrected chi connectivity index (χ1v) is 6.99. The zero-order valence-corrected chi connectivity index (χ0v) is 12.3. The normalized spacial score (nSPS) is 24.1. The van der Waals surface area contributed by atoms with Crippen LogP contribution in [0.15, 0.2) is 22.7 Å². The standard InChI is InChI=1S/C14H18BrNO2/c1-10-7-13(18-2)5-6-16(10)14-8-12(15)4-3-11(14)9-17/h3-4,8-10,13H,5-7H2,1-2H3. The van der Waals surface area contributed by atoms with Gasteiger partial charge in [0.25, 0.3) is 0 Å². The summed E-state index contributed by atoms with van der Waals surface area (Å²) >= 11 is 3.47. The fourth-order valence-electron chi connectivity index (χ4n) is 2.57. The van der Waals surface area contributed by atoms with Crippen molar-refractivity contribution in [1.82, 2.24) is 0 Å². The number of carbonyl (C=O) groups excluding carboxylic acids is 1. The van der Waals surface area contributed by atoms with E-state index in [-0.39, 0.29) is 0 Å². The van der Waals surface area contributed by atoms with E-state index in [0.29, 0.717) is 12.1 Å². The van der Waals surface area contributed by atoms with Gasteiger partial charge in [0, 0.05) is 35.4 Å². The Hall–Kier alpha value is -0.870. The lowest BCUT2D eigenvalue weighted by molar-refractivity contribution is 0.0721. The summed E-state index contributed by atoms with van der Waals surface area (Å²) in [5.41, 5.74) is 1.77. The number of aldehydes is 1. The third kappa shape index (κ3) is 2.75. The molecule has 1 aromatic rings. The second-order valence-corrected chi connectivity index (χ2v) is 5.66. The molecule has 0 bridgehead atoms. The third-order valence-electron chi connectivity index (χ3n) is 3.59. The van der Waals surface area contributed by atoms with E-state index in [1.54, 1.807) is 7.11 Å². The second kappa shape index (κ2) is 5.85. The molecule has 0 spiro atoms. The average molecular weight is 312 g/mol. The molecule has 1 aliphatic rings. The molecule has 0 aromatic heterocycles. The van der Waals surface area contributed by atoms with Gasteiger partial charge in [-0.15, -0.1) is 0 Å². The number of anilines is 1. The summed E-state index contributed by atoms with van der Waals surface area (Å²) in [6, 6.07) is 6.17. The maximum absolute atomic E-state index is 11.1. The summed E-state index contributed by atoms with van der Waals surface area (Å²) in [6.07, 6.45) is 3.27. The highest BCUT2D eigenvalue weighted by molar-refractivity contribution is 9.10. The Morgan fingerprint density at radius 3 is 2.89 bits per heavy atom. The molecule has 2 atom stereocenters. The molecule has 2 unspecified atom stereocenters. The van der Waals surface area contributed by atoms with Crippen LogP contribution in [0.3, 0.4) is 0 Å². The molecule has 0 amide bonds. The van der Waals surface area contributed by atoms with Gasteiger partial charge in [-0.25, -0.2) is 0 Å². The van der Waals surface area contributed by atoms with Crippen LogP contribution in [0.1, 0.15) is 30.1 Å². The lowest BCUT2D eigenvalue weighted by Gasteiger charge is -2.39. The van der Waals surface area contributed by atoms with Crippen molar-refractivity contribution >= 4 is 27.9 Å². The SMILES string of the molecule is COC1CCN(c2cc(Br)ccc2C=O)C(C)C1. The Balaban J connectivity index is 2.26. The van der Waals surface area contributed by atoms with Crippen molar-refractivity contribution in [2.24, 2.45) is 0 Å². The predicted molar refractivity (Wildman–Crippen MR) is 76.4 cm³/mol. The number of hydrogen-bond donors (Lipinski definition) is 0. The smallest absolute Gasteiger partial charge is 0.152 e. The van der Waals surface area contributed by atoms with E-state index in [9.17, 15) is 4.79 Å². The van der Waals surface area contributed by atoms with Gasteiger partial charge in [0.05, 0.1) is 6.10 Å². The van der Waals surface area contributed by atoms with Gasteiger partial charge in [-0.1, -0.05) is 15.9 Å². The van der Waals surface area contributed by atoms with Crippen LogP contribution in [0.2, 0.25) is 0 Å². The van der Waals surface area contributed by atoms with Gasteiger partial charge < -0.3 is 9.64 Å². The zero-order valence-electron chi connectivity index (χ0n) is 10.7. The van der Waals surface area contributed by atoms with Crippen LogP contribution in [0, 0.1) is 0 Å². The van der Waals surface area contributed by atoms with Crippen LogP contribution in [0.4, 0.5) is 5.69 Å². The highest BCUT2D eigenvalue weighted by Crippen LogP contribution is 2.30. The second-order valence-electron chi connectivity index (χ2n) is 4.75. The van der Waals surface area contributed by atoms with Crippen LogP contribution in [-0.4, -0.2) is 32.1 Å². The molecule has 1 saturated heterocycles. The molecule has 1 fully saturated rings. The van der Waals surface area contributed by atoms with E-state index in [0.717, 1.165) is 41.4 Å². The van der Waals surface area contributed by atoms with Crippen LogP contribution >= 0.6 is 15.9 Å². The van der Waals surface area contributed by atoms with Gasteiger partial charge in [-0.05, 0) is 38.0 Å². The molecule has 1 aromatic carbocycles. The molecule has 3 nitrogen and oxygen atoms in total. The number of carbonyl (C=O) groups is 1. The van der Waals surface area contributed by atoms with Gasteiger partial charge >= 0.3 is 0 Å². The van der Waals surface area contributed by atoms with Crippen LogP contribution in [-0.2, 0) is 4.74 Å². The number of benzene rings is 1. The van der Waals surface area contributed by atoms with Crippen LogP contribution < -0.4 is 4.90 Å². The molecule has 0 N–H and O–H groups in total. The van der Waals surface area contributed by atoms with Gasteiger partial charge in [-0.2, -0.15) is 0 Å². The number of halogens is 1. The van der Waals surface area contributed by atoms with Crippen molar-refractivity contribution in [2.45, 2.75) is 31.9 Å². The molecule has 0 aliphatic carbocycles. The lowest BCUT2D eigenvalue weighted by Crippen LogP contribution is -2.43. The first-order chi connectivity index (χ1) is 8.65. The molecule has 0 saturated carbocycles. The quantitative estimate of drug-likeness (QED) is 0.802. The van der Waals surface area contributed by atoms with E-state index in [1.165, 1.54) is 0 Å². The molecule has 98 valence electrons. The van der Waals surface area contributed by atoms with E-state index in [1.807, 2.05) is 18.2 Å². The molecule has 18 heavy (non-hydrogen) atoms. The number of methoxy groups -OCH3 is 1. The summed E-state index contributed by atoms with van der Waals surface area (Å²) < 4.78 is 6.42. The van der Waals surface area contributed by atoms with Crippen molar-refractivity contribution in [1.29, 1.82) is 0 Å². The maximum atomic E-state index is 11.1. The van der Waals surface area contributed by atoms with Crippen LogP contribution in [0.5, 0.6) is 0 Å². The average Bonchev–Trinajstić information content (AvgIpc) is 2.38. The molecule has 4 heteroatoms. The molecule has 2 rings (SSSR count). The minimum absolute atomic E-state index is 0.336. The predicted octanol–water partition coefficient (Wildman–Crippen LogP) is 3.27. The first-order valence-electron chi connectivity index (χ1n) is 6.20. The molecule has 1 heterocycles. The zero-order chi connectivity index (χ0) is 13.1. The highest BCUT2D eigenvalue weighted by atomic mass is 79.9. The fraction of sp³-hybridized carbons (Fsp3) is 0.500. The van der Waals surface area contributed by atoms with Crippen LogP contribution in [0.25, 0.3) is 0 Å². The van der Waals surface area contributed by atoms with Crippen molar-refractivity contribution in [3.8, 4) is 0 Å². The third-order valence-corrected chi connectivity index (χ3v) is 4.08. The minimum atomic E-state index is 0.336. The molecule has 1 aliphatic heterocycles. The summed E-state index contributed by atoms with van der Waals surface area (Å²) in [6.45, 7) is 3.11. The number of piperidine rings is 1. The van der Waals surface area contributed by atoms with Gasteiger partial charge in [-0.3, -0.25) is 4.79 Å². The number of rotatable bonds is 3. The Labute approximate surface area is 116 Å². The number of ether oxygens (including phenoxy) is 1. The lowest BCUT2D eigenvalue weighted by atomic mass is 9.99. The van der Waals surface area contributed by atoms with E-state index >= 15 is 0 Å². The number of hydrogen-bond acceptors (Lipinski definition) is 3. The van der Waals surface area contributed by atoms with E-state index in [4.69, 9.17) is 4.74 Å². The molecular formula is C14H18BrNO2. The molecule has 0 radical (unpaired) electrons. The van der Waals surface area contributed by atoms with Crippen molar-refractivity contribution < 1.29 is 9.53 Å². The monoisotopic (exact) mass is 311 g/mol. The molecular weight excluding hydrogens is 294 g/mol.